The van der Waals surface area contributed by atoms with E-state index in [2.05, 4.69) is 16.4 Å². The molecule has 5 heteroatoms. The highest BCUT2D eigenvalue weighted by Crippen LogP contribution is 2.25. The summed E-state index contributed by atoms with van der Waals surface area (Å²) in [5.41, 5.74) is 1.05. The number of likely N-dealkylation sites (tertiary alicyclic amines) is 1. The molecule has 1 amide bonds. The first-order chi connectivity index (χ1) is 10.3. The van der Waals surface area contributed by atoms with Crippen LogP contribution in [0.4, 0.5) is 5.13 Å². The molecule has 3 rings (SSSR count). The van der Waals surface area contributed by atoms with E-state index < -0.39 is 0 Å². The third-order valence-corrected chi connectivity index (χ3v) is 4.84. The fourth-order valence-electron chi connectivity index (χ4n) is 2.69. The number of aromatic nitrogens is 1. The SMILES string of the molecule is O=C1CCCCCN1CCCNc1nc2ccccc2s1. The second-order valence-corrected chi connectivity index (χ2v) is 6.49. The van der Waals surface area contributed by atoms with Gasteiger partial charge in [0, 0.05) is 26.1 Å². The Balaban J connectivity index is 1.46. The number of fused-ring (bicyclic) bond motifs is 1. The van der Waals surface area contributed by atoms with Gasteiger partial charge in [-0.05, 0) is 31.4 Å². The van der Waals surface area contributed by atoms with Crippen molar-refractivity contribution in [1.82, 2.24) is 9.88 Å². The molecule has 1 aromatic carbocycles. The van der Waals surface area contributed by atoms with Crippen LogP contribution in [-0.4, -0.2) is 35.4 Å². The first-order valence-electron chi connectivity index (χ1n) is 7.70. The largest absolute Gasteiger partial charge is 0.361 e. The van der Waals surface area contributed by atoms with Crippen LogP contribution in [0.15, 0.2) is 24.3 Å². The average molecular weight is 303 g/mol. The zero-order valence-corrected chi connectivity index (χ0v) is 13.0. The summed E-state index contributed by atoms with van der Waals surface area (Å²) in [4.78, 5) is 18.5. The number of carbonyl (C=O) groups excluding carboxylic acids is 1. The Morgan fingerprint density at radius 1 is 1.24 bits per heavy atom. The molecule has 0 unspecified atom stereocenters. The second-order valence-electron chi connectivity index (χ2n) is 5.46. The fourth-order valence-corrected chi connectivity index (χ4v) is 3.58. The Labute approximate surface area is 129 Å². The minimum atomic E-state index is 0.326. The summed E-state index contributed by atoms with van der Waals surface area (Å²) in [5.74, 6) is 0.326. The third kappa shape index (κ3) is 3.73. The van der Waals surface area contributed by atoms with Crippen molar-refractivity contribution in [3.8, 4) is 0 Å². The van der Waals surface area contributed by atoms with Gasteiger partial charge < -0.3 is 10.2 Å². The fraction of sp³-hybridized carbons (Fsp3) is 0.500. The lowest BCUT2D eigenvalue weighted by molar-refractivity contribution is -0.130. The summed E-state index contributed by atoms with van der Waals surface area (Å²) < 4.78 is 1.21. The Bertz CT molecular complexity index is 577. The van der Waals surface area contributed by atoms with E-state index in [0.717, 1.165) is 56.0 Å². The van der Waals surface area contributed by atoms with Crippen LogP contribution < -0.4 is 5.32 Å². The van der Waals surface area contributed by atoms with Gasteiger partial charge in [-0.15, -0.1) is 0 Å². The lowest BCUT2D eigenvalue weighted by Gasteiger charge is -2.20. The Morgan fingerprint density at radius 2 is 2.14 bits per heavy atom. The molecule has 4 nitrogen and oxygen atoms in total. The van der Waals surface area contributed by atoms with E-state index >= 15 is 0 Å². The second kappa shape index (κ2) is 6.89. The monoisotopic (exact) mass is 303 g/mol. The molecule has 1 saturated heterocycles. The number of nitrogens with one attached hydrogen (secondary N) is 1. The van der Waals surface area contributed by atoms with Crippen LogP contribution in [0.5, 0.6) is 0 Å². The van der Waals surface area contributed by atoms with Crippen LogP contribution in [0.2, 0.25) is 0 Å². The molecule has 1 fully saturated rings. The molecule has 112 valence electrons. The van der Waals surface area contributed by atoms with Crippen molar-refractivity contribution < 1.29 is 4.79 Å². The van der Waals surface area contributed by atoms with E-state index in [1.54, 1.807) is 11.3 Å². The number of hydrogen-bond donors (Lipinski definition) is 1. The van der Waals surface area contributed by atoms with Crippen LogP contribution in [0, 0.1) is 0 Å². The molecule has 2 heterocycles. The quantitative estimate of drug-likeness (QED) is 0.860. The lowest BCUT2D eigenvalue weighted by Crippen LogP contribution is -2.32. The number of thiazole rings is 1. The predicted octanol–water partition coefficient (Wildman–Crippen LogP) is 3.50. The molecule has 1 aliphatic rings. The van der Waals surface area contributed by atoms with Crippen molar-refractivity contribution >= 4 is 32.6 Å². The molecular weight excluding hydrogens is 282 g/mol. The molecular formula is C16H21N3OS. The molecule has 2 aromatic rings. The molecule has 1 aliphatic heterocycles. The maximum Gasteiger partial charge on any atom is 0.222 e. The van der Waals surface area contributed by atoms with Crippen LogP contribution in [0.3, 0.4) is 0 Å². The molecule has 1 N–H and O–H groups in total. The van der Waals surface area contributed by atoms with Crippen molar-refractivity contribution in [2.75, 3.05) is 25.0 Å². The molecule has 0 radical (unpaired) electrons. The summed E-state index contributed by atoms with van der Waals surface area (Å²) in [6.07, 6.45) is 5.09. The zero-order valence-electron chi connectivity index (χ0n) is 12.2. The number of rotatable bonds is 5. The van der Waals surface area contributed by atoms with Crippen molar-refractivity contribution in [2.24, 2.45) is 0 Å². The molecule has 21 heavy (non-hydrogen) atoms. The topological polar surface area (TPSA) is 45.2 Å². The van der Waals surface area contributed by atoms with Gasteiger partial charge in [-0.2, -0.15) is 0 Å². The van der Waals surface area contributed by atoms with Gasteiger partial charge in [-0.3, -0.25) is 4.79 Å². The molecule has 0 aliphatic carbocycles. The number of benzene rings is 1. The van der Waals surface area contributed by atoms with Crippen LogP contribution >= 0.6 is 11.3 Å². The smallest absolute Gasteiger partial charge is 0.222 e. The first kappa shape index (κ1) is 14.3. The van der Waals surface area contributed by atoms with E-state index in [4.69, 9.17) is 0 Å². The van der Waals surface area contributed by atoms with Gasteiger partial charge in [0.1, 0.15) is 0 Å². The predicted molar refractivity (Wildman–Crippen MR) is 87.8 cm³/mol. The number of para-hydroxylation sites is 1. The maximum atomic E-state index is 11.9. The number of hydrogen-bond acceptors (Lipinski definition) is 4. The molecule has 0 atom stereocenters. The number of anilines is 1. The van der Waals surface area contributed by atoms with Crippen LogP contribution in [-0.2, 0) is 4.79 Å². The first-order valence-corrected chi connectivity index (χ1v) is 8.52. The van der Waals surface area contributed by atoms with E-state index in [1.165, 1.54) is 11.1 Å². The van der Waals surface area contributed by atoms with Crippen LogP contribution in [0.25, 0.3) is 10.2 Å². The molecule has 1 aromatic heterocycles. The van der Waals surface area contributed by atoms with Gasteiger partial charge in [0.05, 0.1) is 10.2 Å². The lowest BCUT2D eigenvalue weighted by atomic mass is 10.2. The minimum Gasteiger partial charge on any atom is -0.361 e. The van der Waals surface area contributed by atoms with E-state index in [-0.39, 0.29) is 0 Å². The van der Waals surface area contributed by atoms with Crippen molar-refractivity contribution in [3.63, 3.8) is 0 Å². The Morgan fingerprint density at radius 3 is 3.05 bits per heavy atom. The van der Waals surface area contributed by atoms with Gasteiger partial charge >= 0.3 is 0 Å². The van der Waals surface area contributed by atoms with Gasteiger partial charge in [-0.1, -0.05) is 29.9 Å². The van der Waals surface area contributed by atoms with Gasteiger partial charge in [0.15, 0.2) is 5.13 Å². The average Bonchev–Trinajstić information content (AvgIpc) is 2.80. The number of amides is 1. The summed E-state index contributed by atoms with van der Waals surface area (Å²) in [7, 11) is 0. The third-order valence-electron chi connectivity index (χ3n) is 3.85. The highest BCUT2D eigenvalue weighted by molar-refractivity contribution is 7.22. The highest BCUT2D eigenvalue weighted by atomic mass is 32.1. The van der Waals surface area contributed by atoms with E-state index in [0.29, 0.717) is 5.91 Å². The van der Waals surface area contributed by atoms with Crippen molar-refractivity contribution in [3.05, 3.63) is 24.3 Å². The van der Waals surface area contributed by atoms with Crippen molar-refractivity contribution in [2.45, 2.75) is 32.1 Å². The zero-order chi connectivity index (χ0) is 14.5. The summed E-state index contributed by atoms with van der Waals surface area (Å²) in [5, 5.41) is 4.34. The summed E-state index contributed by atoms with van der Waals surface area (Å²) in [6, 6.07) is 8.17. The maximum absolute atomic E-state index is 11.9. The minimum absolute atomic E-state index is 0.326. The van der Waals surface area contributed by atoms with E-state index in [9.17, 15) is 4.79 Å². The number of carbonyl (C=O) groups is 1. The normalized spacial score (nSPS) is 16.2. The Kier molecular flexibility index (Phi) is 4.70. The van der Waals surface area contributed by atoms with Crippen LogP contribution in [0.1, 0.15) is 32.1 Å². The van der Waals surface area contributed by atoms with Crippen molar-refractivity contribution in [1.29, 1.82) is 0 Å². The van der Waals surface area contributed by atoms with Gasteiger partial charge in [0.2, 0.25) is 5.91 Å². The molecule has 0 bridgehead atoms. The summed E-state index contributed by atoms with van der Waals surface area (Å²) >= 11 is 1.68. The Hall–Kier alpha value is -1.62. The molecule has 0 spiro atoms. The molecule has 0 saturated carbocycles. The summed E-state index contributed by atoms with van der Waals surface area (Å²) in [6.45, 7) is 2.65. The highest BCUT2D eigenvalue weighted by Gasteiger charge is 2.15. The van der Waals surface area contributed by atoms with E-state index in [1.807, 2.05) is 23.1 Å². The number of nitrogens with zero attached hydrogens (tertiary/aromatic N) is 2. The van der Waals surface area contributed by atoms with Gasteiger partial charge in [-0.25, -0.2) is 4.98 Å². The standard InChI is InChI=1S/C16H21N3OS/c20-15-9-2-1-5-11-19(15)12-6-10-17-16-18-13-7-3-4-8-14(13)21-16/h3-4,7-8H,1-2,5-6,9-12H2,(H,17,18). The van der Waals surface area contributed by atoms with Gasteiger partial charge in [0.25, 0.3) is 0 Å².